The minimum absolute atomic E-state index is 0.0334. The van der Waals surface area contributed by atoms with Gasteiger partial charge in [-0.25, -0.2) is 0 Å². The van der Waals surface area contributed by atoms with Crippen LogP contribution in [0.25, 0.3) is 0 Å². The molecule has 1 aliphatic carbocycles. The summed E-state index contributed by atoms with van der Waals surface area (Å²) >= 11 is 0. The molecular formula is C16H31N3O. The molecule has 3 N–H and O–H groups in total. The molecule has 1 amide bonds. The Morgan fingerprint density at radius 2 is 1.80 bits per heavy atom. The van der Waals surface area contributed by atoms with Gasteiger partial charge < -0.3 is 11.1 Å². The molecule has 1 aliphatic heterocycles. The molecule has 3 unspecified atom stereocenters. The summed E-state index contributed by atoms with van der Waals surface area (Å²) in [6.07, 6.45) is 9.46. The van der Waals surface area contributed by atoms with E-state index in [0.717, 1.165) is 25.8 Å². The summed E-state index contributed by atoms with van der Waals surface area (Å²) in [6.45, 7) is 5.35. The highest BCUT2D eigenvalue weighted by Crippen LogP contribution is 2.22. The summed E-state index contributed by atoms with van der Waals surface area (Å²) in [4.78, 5) is 14.8. The van der Waals surface area contributed by atoms with Crippen molar-refractivity contribution in [3.8, 4) is 0 Å². The maximum Gasteiger partial charge on any atom is 0.224 e. The molecule has 0 aromatic rings. The van der Waals surface area contributed by atoms with E-state index < -0.39 is 0 Å². The molecule has 1 saturated carbocycles. The van der Waals surface area contributed by atoms with Crippen molar-refractivity contribution in [2.75, 3.05) is 19.6 Å². The van der Waals surface area contributed by atoms with Crippen LogP contribution in [0.15, 0.2) is 0 Å². The van der Waals surface area contributed by atoms with E-state index in [-0.39, 0.29) is 17.9 Å². The molecule has 3 atom stereocenters. The Kier molecular flexibility index (Phi) is 6.30. The number of amides is 1. The van der Waals surface area contributed by atoms with Crippen LogP contribution in [0.4, 0.5) is 0 Å². The van der Waals surface area contributed by atoms with Gasteiger partial charge in [-0.15, -0.1) is 0 Å². The molecule has 2 rings (SSSR count). The second-order valence-electron chi connectivity index (χ2n) is 6.60. The first kappa shape index (κ1) is 15.8. The first-order valence-corrected chi connectivity index (χ1v) is 8.46. The molecule has 2 fully saturated rings. The summed E-state index contributed by atoms with van der Waals surface area (Å²) in [6, 6.07) is 0.504. The third-order valence-corrected chi connectivity index (χ3v) is 4.99. The van der Waals surface area contributed by atoms with Crippen LogP contribution in [-0.4, -0.2) is 42.5 Å². The highest BCUT2D eigenvalue weighted by molar-refractivity contribution is 5.79. The maximum absolute atomic E-state index is 12.3. The van der Waals surface area contributed by atoms with Crippen molar-refractivity contribution >= 4 is 5.91 Å². The van der Waals surface area contributed by atoms with E-state index in [0.29, 0.717) is 6.04 Å². The number of nitrogens with two attached hydrogens (primary N) is 1. The van der Waals surface area contributed by atoms with Gasteiger partial charge in [0.2, 0.25) is 5.91 Å². The third kappa shape index (κ3) is 4.45. The van der Waals surface area contributed by atoms with Crippen molar-refractivity contribution in [1.82, 2.24) is 10.2 Å². The molecule has 20 heavy (non-hydrogen) atoms. The van der Waals surface area contributed by atoms with Crippen LogP contribution in [0.3, 0.4) is 0 Å². The van der Waals surface area contributed by atoms with E-state index in [2.05, 4.69) is 17.1 Å². The molecule has 4 nitrogen and oxygen atoms in total. The molecule has 2 aliphatic rings. The van der Waals surface area contributed by atoms with E-state index >= 15 is 0 Å². The number of carbonyl (C=O) groups excluding carboxylic acids is 1. The lowest BCUT2D eigenvalue weighted by Crippen LogP contribution is -2.47. The Morgan fingerprint density at radius 1 is 1.15 bits per heavy atom. The Labute approximate surface area is 123 Å². The number of hydrogen-bond acceptors (Lipinski definition) is 3. The van der Waals surface area contributed by atoms with E-state index in [1.54, 1.807) is 0 Å². The van der Waals surface area contributed by atoms with Gasteiger partial charge in [0, 0.05) is 18.6 Å². The van der Waals surface area contributed by atoms with Crippen LogP contribution >= 0.6 is 0 Å². The highest BCUT2D eigenvalue weighted by atomic mass is 16.1. The molecule has 0 aromatic carbocycles. The van der Waals surface area contributed by atoms with Gasteiger partial charge in [-0.1, -0.05) is 25.7 Å². The molecule has 116 valence electrons. The first-order chi connectivity index (χ1) is 9.68. The molecule has 0 spiro atoms. The lowest BCUT2D eigenvalue weighted by molar-refractivity contribution is -0.126. The predicted octanol–water partition coefficient (Wildman–Crippen LogP) is 1.88. The van der Waals surface area contributed by atoms with Crippen LogP contribution in [0.2, 0.25) is 0 Å². The lowest BCUT2D eigenvalue weighted by Gasteiger charge is -2.33. The van der Waals surface area contributed by atoms with Crippen molar-refractivity contribution < 1.29 is 4.79 Å². The normalized spacial score (nSPS) is 30.5. The molecule has 4 heteroatoms. The SMILES string of the molecule is CC(CNC(=O)C1CCCCCC1N)N1CCCCC1. The predicted molar refractivity (Wildman–Crippen MR) is 82.4 cm³/mol. The zero-order valence-electron chi connectivity index (χ0n) is 12.9. The minimum atomic E-state index is 0.0334. The van der Waals surface area contributed by atoms with Crippen molar-refractivity contribution in [3.05, 3.63) is 0 Å². The van der Waals surface area contributed by atoms with Gasteiger partial charge in [0.05, 0.1) is 5.92 Å². The Hall–Kier alpha value is -0.610. The van der Waals surface area contributed by atoms with E-state index in [1.165, 1.54) is 45.2 Å². The average Bonchev–Trinajstić information content (AvgIpc) is 2.70. The second kappa shape index (κ2) is 7.99. The highest BCUT2D eigenvalue weighted by Gasteiger charge is 2.27. The zero-order chi connectivity index (χ0) is 14.4. The minimum Gasteiger partial charge on any atom is -0.354 e. The number of piperidine rings is 1. The standard InChI is InChI=1S/C16H31N3O/c1-13(19-10-6-3-7-11-19)12-18-16(20)14-8-4-2-5-9-15(14)17/h13-15H,2-12,17H2,1H3,(H,18,20). The van der Waals surface area contributed by atoms with Crippen LogP contribution < -0.4 is 11.1 Å². The van der Waals surface area contributed by atoms with Gasteiger partial charge in [-0.3, -0.25) is 9.69 Å². The number of likely N-dealkylation sites (tertiary alicyclic amines) is 1. The van der Waals surface area contributed by atoms with Crippen molar-refractivity contribution in [2.24, 2.45) is 11.7 Å². The van der Waals surface area contributed by atoms with Crippen LogP contribution in [0.5, 0.6) is 0 Å². The van der Waals surface area contributed by atoms with E-state index in [4.69, 9.17) is 5.73 Å². The van der Waals surface area contributed by atoms with Gasteiger partial charge in [-0.05, 0) is 45.7 Å². The van der Waals surface area contributed by atoms with Crippen molar-refractivity contribution in [1.29, 1.82) is 0 Å². The molecule has 0 bridgehead atoms. The van der Waals surface area contributed by atoms with Gasteiger partial charge in [-0.2, -0.15) is 0 Å². The van der Waals surface area contributed by atoms with Gasteiger partial charge in [0.15, 0.2) is 0 Å². The van der Waals surface area contributed by atoms with Crippen molar-refractivity contribution in [3.63, 3.8) is 0 Å². The molecule has 1 saturated heterocycles. The lowest BCUT2D eigenvalue weighted by atomic mass is 9.94. The Balaban J connectivity index is 1.75. The largest absolute Gasteiger partial charge is 0.354 e. The van der Waals surface area contributed by atoms with Crippen molar-refractivity contribution in [2.45, 2.75) is 70.4 Å². The molecular weight excluding hydrogens is 250 g/mol. The fourth-order valence-corrected chi connectivity index (χ4v) is 3.53. The fraction of sp³-hybridized carbons (Fsp3) is 0.938. The summed E-state index contributed by atoms with van der Waals surface area (Å²) in [7, 11) is 0. The number of hydrogen-bond donors (Lipinski definition) is 2. The molecule has 0 aromatic heterocycles. The summed E-state index contributed by atoms with van der Waals surface area (Å²) in [5, 5.41) is 3.15. The summed E-state index contributed by atoms with van der Waals surface area (Å²) in [5.74, 6) is 0.217. The monoisotopic (exact) mass is 281 g/mol. The van der Waals surface area contributed by atoms with E-state index in [9.17, 15) is 4.79 Å². The second-order valence-corrected chi connectivity index (χ2v) is 6.60. The molecule has 0 radical (unpaired) electrons. The Bertz CT molecular complexity index is 302. The maximum atomic E-state index is 12.3. The van der Waals surface area contributed by atoms with Crippen LogP contribution in [0, 0.1) is 5.92 Å². The van der Waals surface area contributed by atoms with Crippen LogP contribution in [-0.2, 0) is 4.79 Å². The fourth-order valence-electron chi connectivity index (χ4n) is 3.53. The third-order valence-electron chi connectivity index (χ3n) is 4.99. The number of nitrogens with one attached hydrogen (secondary N) is 1. The number of carbonyl (C=O) groups is 1. The quantitative estimate of drug-likeness (QED) is 0.774. The van der Waals surface area contributed by atoms with E-state index in [1.807, 2.05) is 0 Å². The first-order valence-electron chi connectivity index (χ1n) is 8.46. The molecule has 1 heterocycles. The van der Waals surface area contributed by atoms with Crippen LogP contribution in [0.1, 0.15) is 58.3 Å². The average molecular weight is 281 g/mol. The van der Waals surface area contributed by atoms with Gasteiger partial charge in [0.1, 0.15) is 0 Å². The number of rotatable bonds is 4. The zero-order valence-corrected chi connectivity index (χ0v) is 12.9. The summed E-state index contributed by atoms with van der Waals surface area (Å²) in [5.41, 5.74) is 6.16. The van der Waals surface area contributed by atoms with Gasteiger partial charge >= 0.3 is 0 Å². The number of nitrogens with zero attached hydrogens (tertiary/aromatic N) is 1. The smallest absolute Gasteiger partial charge is 0.224 e. The summed E-state index contributed by atoms with van der Waals surface area (Å²) < 4.78 is 0. The topological polar surface area (TPSA) is 58.4 Å². The van der Waals surface area contributed by atoms with Gasteiger partial charge in [0.25, 0.3) is 0 Å². The Morgan fingerprint density at radius 3 is 2.55 bits per heavy atom.